The second-order valence-corrected chi connectivity index (χ2v) is 2.81. The maximum atomic E-state index is 10.1. The van der Waals surface area contributed by atoms with Gasteiger partial charge in [-0.05, 0) is 25.0 Å². The highest BCUT2D eigenvalue weighted by Crippen LogP contribution is 2.18. The van der Waals surface area contributed by atoms with Crippen molar-refractivity contribution in [2.45, 2.75) is 13.8 Å². The fourth-order valence-electron chi connectivity index (χ4n) is 1.24. The second kappa shape index (κ2) is 3.90. The van der Waals surface area contributed by atoms with Crippen LogP contribution in [0.4, 0.5) is 5.69 Å². The van der Waals surface area contributed by atoms with E-state index in [2.05, 4.69) is 5.32 Å². The third kappa shape index (κ3) is 1.84. The molecule has 0 amide bonds. The van der Waals surface area contributed by atoms with Gasteiger partial charge < -0.3 is 10.1 Å². The fourth-order valence-corrected chi connectivity index (χ4v) is 1.24. The van der Waals surface area contributed by atoms with E-state index >= 15 is 0 Å². The highest BCUT2D eigenvalue weighted by atomic mass is 16.1. The summed E-state index contributed by atoms with van der Waals surface area (Å²) in [6.07, 6.45) is 0.867. The van der Waals surface area contributed by atoms with E-state index in [1.807, 2.05) is 32.0 Å². The van der Waals surface area contributed by atoms with Crippen molar-refractivity contribution in [1.29, 1.82) is 0 Å². The van der Waals surface area contributed by atoms with Crippen LogP contribution in [0.25, 0.3) is 0 Å². The molecular weight excluding hydrogens is 150 g/mol. The number of aryl methyl sites for hydroxylation is 2. The molecule has 0 unspecified atom stereocenters. The zero-order valence-corrected chi connectivity index (χ0v) is 7.42. The maximum Gasteiger partial charge on any atom is 0.139 e. The number of rotatable bonds is 3. The Balaban J connectivity index is 2.88. The molecule has 0 aromatic heterocycles. The number of hydrogen-bond donors (Lipinski definition) is 1. The lowest BCUT2D eigenvalue weighted by atomic mass is 10.1. The minimum absolute atomic E-state index is 0.381. The number of carbonyl (C=O) groups is 1. The largest absolute Gasteiger partial charge is 0.378 e. The first-order valence-corrected chi connectivity index (χ1v) is 3.99. The molecule has 1 aromatic rings. The molecule has 64 valence electrons. The Morgan fingerprint density at radius 1 is 1.33 bits per heavy atom. The normalized spacial score (nSPS) is 9.50. The van der Waals surface area contributed by atoms with Crippen LogP contribution in [0.2, 0.25) is 0 Å². The zero-order valence-electron chi connectivity index (χ0n) is 7.42. The monoisotopic (exact) mass is 163 g/mol. The summed E-state index contributed by atoms with van der Waals surface area (Å²) < 4.78 is 0. The number of carbonyl (C=O) groups excluding carboxylic acids is 1. The molecule has 0 spiro atoms. The number of benzene rings is 1. The van der Waals surface area contributed by atoms with Crippen LogP contribution in [0.3, 0.4) is 0 Å². The molecule has 0 aliphatic heterocycles. The minimum Gasteiger partial charge on any atom is -0.378 e. The van der Waals surface area contributed by atoms with Gasteiger partial charge >= 0.3 is 0 Å². The summed E-state index contributed by atoms with van der Waals surface area (Å²) in [6.45, 7) is 4.44. The van der Waals surface area contributed by atoms with Crippen molar-refractivity contribution in [1.82, 2.24) is 0 Å². The Morgan fingerprint density at radius 2 is 1.92 bits per heavy atom. The van der Waals surface area contributed by atoms with Crippen LogP contribution in [0.1, 0.15) is 11.1 Å². The van der Waals surface area contributed by atoms with Crippen molar-refractivity contribution >= 4 is 12.0 Å². The summed E-state index contributed by atoms with van der Waals surface area (Å²) in [5, 5.41) is 3.06. The highest BCUT2D eigenvalue weighted by Gasteiger charge is 1.98. The Labute approximate surface area is 72.6 Å². The van der Waals surface area contributed by atoms with Crippen LogP contribution in [0.15, 0.2) is 18.2 Å². The predicted molar refractivity (Wildman–Crippen MR) is 50.5 cm³/mol. The van der Waals surface area contributed by atoms with Crippen LogP contribution in [0.5, 0.6) is 0 Å². The van der Waals surface area contributed by atoms with Crippen LogP contribution >= 0.6 is 0 Å². The Kier molecular flexibility index (Phi) is 2.86. The summed E-state index contributed by atoms with van der Waals surface area (Å²) in [5.41, 5.74) is 3.43. The van der Waals surface area contributed by atoms with E-state index in [4.69, 9.17) is 0 Å². The molecule has 0 saturated carbocycles. The first kappa shape index (κ1) is 8.78. The summed E-state index contributed by atoms with van der Waals surface area (Å²) in [4.78, 5) is 10.1. The van der Waals surface area contributed by atoms with Gasteiger partial charge in [-0.25, -0.2) is 0 Å². The Morgan fingerprint density at radius 3 is 2.42 bits per heavy atom. The van der Waals surface area contributed by atoms with Crippen molar-refractivity contribution in [2.24, 2.45) is 0 Å². The van der Waals surface area contributed by atoms with Gasteiger partial charge in [-0.1, -0.05) is 18.2 Å². The molecule has 0 fully saturated rings. The number of para-hydroxylation sites is 1. The number of anilines is 1. The van der Waals surface area contributed by atoms with Crippen molar-refractivity contribution in [3.63, 3.8) is 0 Å². The fraction of sp³-hybridized carbons (Fsp3) is 0.300. The molecule has 2 nitrogen and oxygen atoms in total. The Hall–Kier alpha value is -1.31. The van der Waals surface area contributed by atoms with Gasteiger partial charge in [-0.3, -0.25) is 0 Å². The van der Waals surface area contributed by atoms with Crippen molar-refractivity contribution < 1.29 is 4.79 Å². The molecular formula is C10H13NO. The van der Waals surface area contributed by atoms with Crippen LogP contribution in [-0.2, 0) is 4.79 Å². The lowest BCUT2D eigenvalue weighted by Gasteiger charge is -2.09. The molecule has 0 heterocycles. The first-order chi connectivity index (χ1) is 5.75. The van der Waals surface area contributed by atoms with E-state index in [0.29, 0.717) is 6.54 Å². The molecule has 0 atom stereocenters. The van der Waals surface area contributed by atoms with Gasteiger partial charge in [0.25, 0.3) is 0 Å². The smallest absolute Gasteiger partial charge is 0.139 e. The molecule has 0 bridgehead atoms. The standard InChI is InChI=1S/C10H13NO/c1-8-4-3-5-9(2)10(8)11-6-7-12/h3-5,7,11H,6H2,1-2H3. The van der Waals surface area contributed by atoms with Gasteiger partial charge in [0, 0.05) is 5.69 Å². The summed E-state index contributed by atoms with van der Waals surface area (Å²) >= 11 is 0. The van der Waals surface area contributed by atoms with E-state index in [1.165, 1.54) is 11.1 Å². The van der Waals surface area contributed by atoms with Crippen molar-refractivity contribution in [3.05, 3.63) is 29.3 Å². The van der Waals surface area contributed by atoms with Gasteiger partial charge in [-0.2, -0.15) is 0 Å². The molecule has 0 aliphatic rings. The molecule has 1 rings (SSSR count). The van der Waals surface area contributed by atoms with Gasteiger partial charge in [0.15, 0.2) is 0 Å². The topological polar surface area (TPSA) is 29.1 Å². The number of hydrogen-bond acceptors (Lipinski definition) is 2. The van der Waals surface area contributed by atoms with E-state index in [-0.39, 0.29) is 0 Å². The summed E-state index contributed by atoms with van der Waals surface area (Å²) in [7, 11) is 0. The number of nitrogens with one attached hydrogen (secondary N) is 1. The van der Waals surface area contributed by atoms with Crippen molar-refractivity contribution in [2.75, 3.05) is 11.9 Å². The molecule has 0 saturated heterocycles. The number of aldehydes is 1. The second-order valence-electron chi connectivity index (χ2n) is 2.81. The first-order valence-electron chi connectivity index (χ1n) is 3.99. The molecule has 2 heteroatoms. The van der Waals surface area contributed by atoms with E-state index < -0.39 is 0 Å². The van der Waals surface area contributed by atoms with Crippen LogP contribution in [-0.4, -0.2) is 12.8 Å². The van der Waals surface area contributed by atoms with Crippen LogP contribution in [0, 0.1) is 13.8 Å². The highest BCUT2D eigenvalue weighted by molar-refractivity contribution is 5.63. The lowest BCUT2D eigenvalue weighted by molar-refractivity contribution is -0.106. The third-order valence-corrected chi connectivity index (χ3v) is 1.84. The van der Waals surface area contributed by atoms with Gasteiger partial charge in [0.05, 0.1) is 6.54 Å². The quantitative estimate of drug-likeness (QED) is 0.690. The predicted octanol–water partition coefficient (Wildman–Crippen LogP) is 1.91. The molecule has 1 aromatic carbocycles. The van der Waals surface area contributed by atoms with Gasteiger partial charge in [0.2, 0.25) is 0 Å². The maximum absolute atomic E-state index is 10.1. The Bertz CT molecular complexity index is 261. The van der Waals surface area contributed by atoms with E-state index in [1.54, 1.807) is 0 Å². The molecule has 0 aliphatic carbocycles. The average Bonchev–Trinajstić information content (AvgIpc) is 2.04. The molecule has 0 radical (unpaired) electrons. The SMILES string of the molecule is Cc1cccc(C)c1NCC=O. The van der Waals surface area contributed by atoms with Gasteiger partial charge in [0.1, 0.15) is 6.29 Å². The van der Waals surface area contributed by atoms with Crippen molar-refractivity contribution in [3.8, 4) is 0 Å². The van der Waals surface area contributed by atoms with E-state index in [0.717, 1.165) is 12.0 Å². The lowest BCUT2D eigenvalue weighted by Crippen LogP contribution is -2.04. The average molecular weight is 163 g/mol. The third-order valence-electron chi connectivity index (χ3n) is 1.84. The minimum atomic E-state index is 0.381. The molecule has 12 heavy (non-hydrogen) atoms. The zero-order chi connectivity index (χ0) is 8.97. The van der Waals surface area contributed by atoms with Gasteiger partial charge in [-0.15, -0.1) is 0 Å². The summed E-state index contributed by atoms with van der Waals surface area (Å²) in [6, 6.07) is 6.07. The van der Waals surface area contributed by atoms with Crippen LogP contribution < -0.4 is 5.32 Å². The molecule has 1 N–H and O–H groups in total. The summed E-state index contributed by atoms with van der Waals surface area (Å²) in [5.74, 6) is 0. The van der Waals surface area contributed by atoms with E-state index in [9.17, 15) is 4.79 Å².